The molecule has 3 rings (SSSR count). The number of aromatic nitrogens is 2. The number of nitrogens with zero attached hydrogens (tertiary/aromatic N) is 1. The van der Waals surface area contributed by atoms with Crippen molar-refractivity contribution >= 4 is 39.2 Å². The van der Waals surface area contributed by atoms with Crippen LogP contribution in [-0.2, 0) is 6.42 Å². The molecular weight excluding hydrogens is 351 g/mol. The third-order valence-electron chi connectivity index (χ3n) is 3.46. The Hall–Kier alpha value is -1.46. The van der Waals surface area contributed by atoms with Gasteiger partial charge in [0.25, 0.3) is 0 Å². The second kappa shape index (κ2) is 5.73. The van der Waals surface area contributed by atoms with E-state index >= 15 is 0 Å². The zero-order valence-corrected chi connectivity index (χ0v) is 13.9. The Bertz CT molecular complexity index is 849. The minimum Gasteiger partial charge on any atom is -0.330 e. The van der Waals surface area contributed by atoms with Crippen LogP contribution in [-0.4, -0.2) is 9.55 Å². The number of imidazole rings is 1. The molecule has 0 spiro atoms. The zero-order chi connectivity index (χ0) is 15.0. The Morgan fingerprint density at radius 1 is 1.24 bits per heavy atom. The third-order valence-corrected chi connectivity index (χ3v) is 4.35. The van der Waals surface area contributed by atoms with Gasteiger partial charge in [0.1, 0.15) is 5.82 Å². The lowest BCUT2D eigenvalue weighted by atomic mass is 10.1. The molecule has 21 heavy (non-hydrogen) atoms. The molecule has 0 aliphatic heterocycles. The molecule has 0 atom stereocenters. The molecule has 0 aliphatic carbocycles. The normalized spacial score (nSPS) is 11.2. The predicted molar refractivity (Wildman–Crippen MR) is 90.1 cm³/mol. The molecule has 0 amide bonds. The molecule has 0 aliphatic rings. The lowest BCUT2D eigenvalue weighted by molar-refractivity contribution is 0.622. The van der Waals surface area contributed by atoms with Gasteiger partial charge in [-0.15, -0.1) is 0 Å². The maximum Gasteiger partial charge on any atom is 0.182 e. The van der Waals surface area contributed by atoms with Crippen LogP contribution in [0.25, 0.3) is 16.7 Å². The van der Waals surface area contributed by atoms with Crippen LogP contribution in [0.3, 0.4) is 0 Å². The summed E-state index contributed by atoms with van der Waals surface area (Å²) < 4.78 is 16.7. The van der Waals surface area contributed by atoms with E-state index < -0.39 is 0 Å². The first-order valence-corrected chi connectivity index (χ1v) is 7.99. The van der Waals surface area contributed by atoms with Crippen LogP contribution in [0.5, 0.6) is 0 Å². The lowest BCUT2D eigenvalue weighted by Crippen LogP contribution is -1.95. The van der Waals surface area contributed by atoms with Gasteiger partial charge < -0.3 is 4.98 Å². The number of H-pyrrole nitrogens is 1. The maximum absolute atomic E-state index is 13.8. The first-order chi connectivity index (χ1) is 10.1. The number of hydrogen-bond donors (Lipinski definition) is 1. The van der Waals surface area contributed by atoms with Crippen molar-refractivity contribution in [1.82, 2.24) is 9.55 Å². The molecule has 2 nitrogen and oxygen atoms in total. The Kier molecular flexibility index (Phi) is 3.95. The van der Waals surface area contributed by atoms with Gasteiger partial charge in [0.05, 0.1) is 15.5 Å². The fourth-order valence-corrected chi connectivity index (χ4v) is 3.12. The molecule has 0 fully saturated rings. The van der Waals surface area contributed by atoms with E-state index in [9.17, 15) is 4.39 Å². The molecule has 3 aromatic rings. The summed E-state index contributed by atoms with van der Waals surface area (Å²) >= 11 is 8.57. The van der Waals surface area contributed by atoms with Gasteiger partial charge in [0.2, 0.25) is 0 Å². The number of halogens is 2. The highest BCUT2D eigenvalue weighted by Crippen LogP contribution is 2.25. The monoisotopic (exact) mass is 364 g/mol. The predicted octanol–water partition coefficient (Wildman–Crippen LogP) is 5.54. The summed E-state index contributed by atoms with van der Waals surface area (Å²) in [7, 11) is 0. The van der Waals surface area contributed by atoms with Crippen molar-refractivity contribution in [3.63, 3.8) is 0 Å². The van der Waals surface area contributed by atoms with E-state index in [-0.39, 0.29) is 5.82 Å². The summed E-state index contributed by atoms with van der Waals surface area (Å²) in [5, 5.41) is 0. The molecule has 0 saturated heterocycles. The first-order valence-electron chi connectivity index (χ1n) is 6.79. The van der Waals surface area contributed by atoms with E-state index in [4.69, 9.17) is 12.2 Å². The minimum absolute atomic E-state index is 0.298. The highest BCUT2D eigenvalue weighted by Gasteiger charge is 2.10. The average Bonchev–Trinajstić information content (AvgIpc) is 2.76. The molecule has 0 saturated carbocycles. The smallest absolute Gasteiger partial charge is 0.182 e. The second-order valence-corrected chi connectivity index (χ2v) is 6.21. The van der Waals surface area contributed by atoms with Gasteiger partial charge in [-0.3, -0.25) is 4.57 Å². The largest absolute Gasteiger partial charge is 0.330 e. The van der Waals surface area contributed by atoms with E-state index in [1.807, 2.05) is 16.7 Å². The van der Waals surface area contributed by atoms with Gasteiger partial charge in [-0.05, 0) is 58.3 Å². The van der Waals surface area contributed by atoms with Crippen LogP contribution in [0.4, 0.5) is 4.39 Å². The number of benzene rings is 2. The summed E-state index contributed by atoms with van der Waals surface area (Å²) in [5.41, 5.74) is 3.78. The average molecular weight is 365 g/mol. The van der Waals surface area contributed by atoms with Gasteiger partial charge in [-0.1, -0.05) is 25.5 Å². The number of rotatable bonds is 3. The number of aromatic amines is 1. The molecule has 0 bridgehead atoms. The minimum atomic E-state index is -0.298. The SMILES string of the molecule is CCCc1ccc(-n2c(=S)[nH]c3cc(Br)c(F)cc32)cc1. The number of fused-ring (bicyclic) bond motifs is 1. The maximum atomic E-state index is 13.8. The molecule has 0 unspecified atom stereocenters. The molecule has 1 aromatic heterocycles. The van der Waals surface area contributed by atoms with Crippen molar-refractivity contribution in [2.24, 2.45) is 0 Å². The van der Waals surface area contributed by atoms with Crippen molar-refractivity contribution in [2.75, 3.05) is 0 Å². The van der Waals surface area contributed by atoms with E-state index in [0.29, 0.717) is 9.24 Å². The van der Waals surface area contributed by atoms with E-state index in [2.05, 4.69) is 40.0 Å². The molecule has 1 heterocycles. The summed E-state index contributed by atoms with van der Waals surface area (Å²) in [6.45, 7) is 2.16. The molecule has 5 heteroatoms. The lowest BCUT2D eigenvalue weighted by Gasteiger charge is -2.06. The fraction of sp³-hybridized carbons (Fsp3) is 0.188. The molecule has 108 valence electrons. The van der Waals surface area contributed by atoms with Crippen molar-refractivity contribution in [3.8, 4) is 5.69 Å². The van der Waals surface area contributed by atoms with Gasteiger partial charge >= 0.3 is 0 Å². The summed E-state index contributed by atoms with van der Waals surface area (Å²) in [6, 6.07) is 11.4. The van der Waals surface area contributed by atoms with Gasteiger partial charge in [-0.25, -0.2) is 4.39 Å². The Morgan fingerprint density at radius 2 is 1.95 bits per heavy atom. The van der Waals surface area contributed by atoms with Crippen molar-refractivity contribution < 1.29 is 4.39 Å². The topological polar surface area (TPSA) is 20.7 Å². The third kappa shape index (κ3) is 2.68. The van der Waals surface area contributed by atoms with Crippen LogP contribution < -0.4 is 0 Å². The Labute approximate surface area is 135 Å². The van der Waals surface area contributed by atoms with Crippen molar-refractivity contribution in [3.05, 3.63) is 57.0 Å². The van der Waals surface area contributed by atoms with Gasteiger partial charge in [0.15, 0.2) is 4.77 Å². The Morgan fingerprint density at radius 3 is 2.62 bits per heavy atom. The van der Waals surface area contributed by atoms with Crippen LogP contribution >= 0.6 is 28.1 Å². The summed E-state index contributed by atoms with van der Waals surface area (Å²) in [5.74, 6) is -0.298. The second-order valence-electron chi connectivity index (χ2n) is 4.97. The van der Waals surface area contributed by atoms with E-state index in [1.165, 1.54) is 11.6 Å². The van der Waals surface area contributed by atoms with Crippen LogP contribution in [0.2, 0.25) is 0 Å². The summed E-state index contributed by atoms with van der Waals surface area (Å²) in [6.07, 6.45) is 2.17. The van der Waals surface area contributed by atoms with Crippen molar-refractivity contribution in [1.29, 1.82) is 0 Å². The highest BCUT2D eigenvalue weighted by atomic mass is 79.9. The molecule has 2 aromatic carbocycles. The van der Waals surface area contributed by atoms with Crippen molar-refractivity contribution in [2.45, 2.75) is 19.8 Å². The number of nitrogens with one attached hydrogen (secondary N) is 1. The zero-order valence-electron chi connectivity index (χ0n) is 11.5. The van der Waals surface area contributed by atoms with Gasteiger partial charge in [-0.2, -0.15) is 0 Å². The number of aryl methyl sites for hydroxylation is 1. The van der Waals surface area contributed by atoms with Crippen LogP contribution in [0.1, 0.15) is 18.9 Å². The molecular formula is C16H14BrFN2S. The Balaban J connectivity index is 2.17. The molecule has 0 radical (unpaired) electrons. The standard InChI is InChI=1S/C16H14BrFN2S/c1-2-3-10-4-6-11(7-5-10)20-15-9-13(18)12(17)8-14(15)19-16(20)21/h4-9H,2-3H2,1H3,(H,19,21). The first kappa shape index (κ1) is 14.5. The van der Waals surface area contributed by atoms with E-state index in [1.54, 1.807) is 6.07 Å². The number of hydrogen-bond acceptors (Lipinski definition) is 1. The van der Waals surface area contributed by atoms with Crippen LogP contribution in [0, 0.1) is 10.6 Å². The van der Waals surface area contributed by atoms with E-state index in [0.717, 1.165) is 29.6 Å². The van der Waals surface area contributed by atoms with Gasteiger partial charge in [0, 0.05) is 11.8 Å². The van der Waals surface area contributed by atoms with Crippen LogP contribution in [0.15, 0.2) is 40.9 Å². The fourth-order valence-electron chi connectivity index (χ4n) is 2.46. The quantitative estimate of drug-likeness (QED) is 0.604. The highest BCUT2D eigenvalue weighted by molar-refractivity contribution is 9.10. The summed E-state index contributed by atoms with van der Waals surface area (Å²) in [4.78, 5) is 3.11. The molecule has 1 N–H and O–H groups in total.